The fraction of sp³-hybridized carbons (Fsp3) is 0.111. The van der Waals surface area contributed by atoms with Crippen molar-refractivity contribution < 1.29 is 9.47 Å². The molecule has 0 fully saturated rings. The van der Waals surface area contributed by atoms with E-state index in [4.69, 9.17) is 31.2 Å². The van der Waals surface area contributed by atoms with Crippen molar-refractivity contribution in [1.29, 1.82) is 0 Å². The Balaban J connectivity index is 1.77. The third-order valence-electron chi connectivity index (χ3n) is 5.57. The first-order chi connectivity index (χ1) is 16.6. The maximum atomic E-state index is 7.05. The maximum absolute atomic E-state index is 7.05. The highest BCUT2D eigenvalue weighted by atomic mass is 35.5. The van der Waals surface area contributed by atoms with Gasteiger partial charge < -0.3 is 9.47 Å². The topological polar surface area (TPSA) is 49.2 Å². The van der Waals surface area contributed by atoms with E-state index in [-0.39, 0.29) is 0 Å². The molecule has 0 N–H and O–H groups in total. The summed E-state index contributed by atoms with van der Waals surface area (Å²) in [4.78, 5) is 6.07. The molecule has 0 saturated heterocycles. The highest BCUT2D eigenvalue weighted by Gasteiger charge is 2.26. The maximum Gasteiger partial charge on any atom is 0.211 e. The zero-order valence-corrected chi connectivity index (χ0v) is 20.5. The van der Waals surface area contributed by atoms with Gasteiger partial charge in [0.2, 0.25) is 5.13 Å². The third-order valence-corrected chi connectivity index (χ3v) is 6.87. The van der Waals surface area contributed by atoms with E-state index in [0.717, 1.165) is 32.4 Å². The largest absolute Gasteiger partial charge is 0.496 e. The van der Waals surface area contributed by atoms with Gasteiger partial charge in [-0.3, -0.25) is 0 Å². The molecule has 0 aliphatic carbocycles. The molecule has 0 bridgehead atoms. The Morgan fingerprint density at radius 1 is 0.765 bits per heavy atom. The molecule has 2 heterocycles. The standard InChI is InChI=1S/C27H22ClN3O2S/c1-17-24(18-11-5-4-6-12-18)29-27(34-17)31-26(20-14-8-10-16-22(20)33-3)23(28)25(30-31)19-13-7-9-15-21(19)32-2/h4-16H,1-3H3. The number of ether oxygens (including phenoxy) is 2. The molecule has 0 radical (unpaired) electrons. The van der Waals surface area contributed by atoms with Gasteiger partial charge in [0.15, 0.2) is 0 Å². The van der Waals surface area contributed by atoms with E-state index in [1.807, 2.05) is 71.4 Å². The molecule has 5 aromatic rings. The molecule has 2 aromatic heterocycles. The normalized spacial score (nSPS) is 10.9. The van der Waals surface area contributed by atoms with Crippen LogP contribution in [0.2, 0.25) is 5.02 Å². The number of halogens is 1. The predicted molar refractivity (Wildman–Crippen MR) is 138 cm³/mol. The second-order valence-corrected chi connectivity index (χ2v) is 9.15. The molecule has 0 unspecified atom stereocenters. The second kappa shape index (κ2) is 9.33. The average molecular weight is 488 g/mol. The van der Waals surface area contributed by atoms with E-state index in [1.165, 1.54) is 0 Å². The van der Waals surface area contributed by atoms with Crippen molar-refractivity contribution in [2.45, 2.75) is 6.92 Å². The smallest absolute Gasteiger partial charge is 0.211 e. The number of nitrogens with zero attached hydrogens (tertiary/aromatic N) is 3. The van der Waals surface area contributed by atoms with E-state index in [0.29, 0.717) is 27.9 Å². The van der Waals surface area contributed by atoms with Gasteiger partial charge in [-0.2, -0.15) is 5.10 Å². The summed E-state index contributed by atoms with van der Waals surface area (Å²) in [6.07, 6.45) is 0. The van der Waals surface area contributed by atoms with Gasteiger partial charge in [0.25, 0.3) is 0 Å². The Morgan fingerprint density at radius 2 is 1.35 bits per heavy atom. The fourth-order valence-electron chi connectivity index (χ4n) is 3.96. The minimum atomic E-state index is 0.503. The van der Waals surface area contributed by atoms with Gasteiger partial charge in [0.1, 0.15) is 17.2 Å². The van der Waals surface area contributed by atoms with Crippen LogP contribution in [0.3, 0.4) is 0 Å². The monoisotopic (exact) mass is 487 g/mol. The van der Waals surface area contributed by atoms with E-state index in [2.05, 4.69) is 19.1 Å². The van der Waals surface area contributed by atoms with Crippen molar-refractivity contribution in [3.8, 4) is 50.4 Å². The molecule has 34 heavy (non-hydrogen) atoms. The summed E-state index contributed by atoms with van der Waals surface area (Å²) in [7, 11) is 3.29. The summed E-state index contributed by atoms with van der Waals surface area (Å²) in [6, 6.07) is 25.6. The number of hydrogen-bond acceptors (Lipinski definition) is 5. The highest BCUT2D eigenvalue weighted by molar-refractivity contribution is 7.14. The van der Waals surface area contributed by atoms with Crippen LogP contribution in [0.4, 0.5) is 0 Å². The molecule has 5 rings (SSSR count). The Hall–Kier alpha value is -3.61. The first kappa shape index (κ1) is 22.2. The first-order valence-corrected chi connectivity index (χ1v) is 11.9. The SMILES string of the molecule is COc1ccccc1-c1nn(-c2nc(-c3ccccc3)c(C)s2)c(-c2ccccc2OC)c1Cl. The number of para-hydroxylation sites is 2. The van der Waals surface area contributed by atoms with Crippen molar-refractivity contribution in [2.75, 3.05) is 14.2 Å². The average Bonchev–Trinajstić information content (AvgIpc) is 3.44. The van der Waals surface area contributed by atoms with Crippen LogP contribution in [-0.2, 0) is 0 Å². The van der Waals surface area contributed by atoms with Crippen LogP contribution in [0.25, 0.3) is 38.9 Å². The molecule has 0 amide bonds. The van der Waals surface area contributed by atoms with Crippen LogP contribution < -0.4 is 9.47 Å². The lowest BCUT2D eigenvalue weighted by Crippen LogP contribution is -2.00. The van der Waals surface area contributed by atoms with Crippen LogP contribution in [0, 0.1) is 6.92 Å². The minimum Gasteiger partial charge on any atom is -0.496 e. The summed E-state index contributed by atoms with van der Waals surface area (Å²) in [5, 5.41) is 6.18. The van der Waals surface area contributed by atoms with Crippen LogP contribution >= 0.6 is 22.9 Å². The van der Waals surface area contributed by atoms with Crippen molar-refractivity contribution in [3.05, 3.63) is 88.8 Å². The minimum absolute atomic E-state index is 0.503. The summed E-state index contributed by atoms with van der Waals surface area (Å²) < 4.78 is 13.1. The Labute approximate surface area is 207 Å². The van der Waals surface area contributed by atoms with Crippen LogP contribution in [0.5, 0.6) is 11.5 Å². The fourth-order valence-corrected chi connectivity index (χ4v) is 5.17. The third kappa shape index (κ3) is 3.85. The molecule has 5 nitrogen and oxygen atoms in total. The molecule has 170 valence electrons. The number of aryl methyl sites for hydroxylation is 1. The van der Waals surface area contributed by atoms with Gasteiger partial charge >= 0.3 is 0 Å². The summed E-state index contributed by atoms with van der Waals surface area (Å²) in [5.74, 6) is 1.40. The Morgan fingerprint density at radius 3 is 2.03 bits per heavy atom. The quantitative estimate of drug-likeness (QED) is 0.252. The summed E-state index contributed by atoms with van der Waals surface area (Å²) in [5.41, 5.74) is 4.96. The van der Waals surface area contributed by atoms with E-state index in [1.54, 1.807) is 25.6 Å². The van der Waals surface area contributed by atoms with E-state index >= 15 is 0 Å². The van der Waals surface area contributed by atoms with Crippen molar-refractivity contribution in [3.63, 3.8) is 0 Å². The Kier molecular flexibility index (Phi) is 6.09. The van der Waals surface area contributed by atoms with Crippen LogP contribution in [-0.4, -0.2) is 29.0 Å². The highest BCUT2D eigenvalue weighted by Crippen LogP contribution is 2.44. The lowest BCUT2D eigenvalue weighted by Gasteiger charge is -2.10. The van der Waals surface area contributed by atoms with Gasteiger partial charge in [-0.25, -0.2) is 9.67 Å². The molecule has 0 aliphatic heterocycles. The zero-order valence-electron chi connectivity index (χ0n) is 18.9. The van der Waals surface area contributed by atoms with Gasteiger partial charge in [-0.1, -0.05) is 77.5 Å². The number of hydrogen-bond donors (Lipinski definition) is 0. The van der Waals surface area contributed by atoms with Crippen molar-refractivity contribution >= 4 is 22.9 Å². The lowest BCUT2D eigenvalue weighted by molar-refractivity contribution is 0.416. The molecule has 3 aromatic carbocycles. The van der Waals surface area contributed by atoms with Crippen LogP contribution in [0.15, 0.2) is 78.9 Å². The zero-order chi connectivity index (χ0) is 23.7. The molecule has 7 heteroatoms. The number of thiazole rings is 1. The van der Waals surface area contributed by atoms with Crippen molar-refractivity contribution in [2.24, 2.45) is 0 Å². The number of aromatic nitrogens is 3. The number of methoxy groups -OCH3 is 2. The van der Waals surface area contributed by atoms with Gasteiger partial charge in [0.05, 0.1) is 30.6 Å². The summed E-state index contributed by atoms with van der Waals surface area (Å²) in [6.45, 7) is 2.07. The van der Waals surface area contributed by atoms with Gasteiger partial charge in [-0.15, -0.1) is 0 Å². The summed E-state index contributed by atoms with van der Waals surface area (Å²) >= 11 is 8.62. The van der Waals surface area contributed by atoms with Crippen LogP contribution in [0.1, 0.15) is 4.88 Å². The van der Waals surface area contributed by atoms with E-state index < -0.39 is 0 Å². The molecule has 0 spiro atoms. The molecule has 0 atom stereocenters. The van der Waals surface area contributed by atoms with Gasteiger partial charge in [0, 0.05) is 21.6 Å². The molecular formula is C27H22ClN3O2S. The molecule has 0 aliphatic rings. The second-order valence-electron chi connectivity index (χ2n) is 7.59. The number of benzene rings is 3. The predicted octanol–water partition coefficient (Wildman–Crippen LogP) is 7.31. The van der Waals surface area contributed by atoms with Crippen molar-refractivity contribution in [1.82, 2.24) is 14.8 Å². The number of rotatable bonds is 6. The Bertz CT molecular complexity index is 1460. The van der Waals surface area contributed by atoms with Gasteiger partial charge in [-0.05, 0) is 31.2 Å². The lowest BCUT2D eigenvalue weighted by atomic mass is 10.1. The molecule has 0 saturated carbocycles. The first-order valence-electron chi connectivity index (χ1n) is 10.7. The molecular weight excluding hydrogens is 466 g/mol. The van der Waals surface area contributed by atoms with E-state index in [9.17, 15) is 0 Å².